The fourth-order valence-electron chi connectivity index (χ4n) is 2.60. The van der Waals surface area contributed by atoms with E-state index in [1.165, 1.54) is 32.1 Å². The van der Waals surface area contributed by atoms with Crippen LogP contribution in [0.3, 0.4) is 0 Å². The largest absolute Gasteiger partial charge is 0.481 e. The van der Waals surface area contributed by atoms with Crippen LogP contribution in [0.5, 0.6) is 0 Å². The topological polar surface area (TPSA) is 49.3 Å². The highest BCUT2D eigenvalue weighted by atomic mass is 16.4. The van der Waals surface area contributed by atoms with E-state index in [-0.39, 0.29) is 0 Å². The van der Waals surface area contributed by atoms with Crippen molar-refractivity contribution in [3.8, 4) is 0 Å². The average molecular weight is 241 g/mol. The van der Waals surface area contributed by atoms with Gasteiger partial charge in [0.1, 0.15) is 0 Å². The van der Waals surface area contributed by atoms with E-state index < -0.39 is 11.4 Å². The molecule has 1 rings (SSSR count). The zero-order valence-corrected chi connectivity index (χ0v) is 11.5. The van der Waals surface area contributed by atoms with Crippen molar-refractivity contribution in [2.45, 2.75) is 52.9 Å². The molecule has 0 saturated heterocycles. The third kappa shape index (κ3) is 5.07. The fourth-order valence-corrected chi connectivity index (χ4v) is 2.60. The van der Waals surface area contributed by atoms with Crippen LogP contribution in [0.1, 0.15) is 52.9 Å². The molecule has 0 radical (unpaired) electrons. The Kier molecular flexibility index (Phi) is 5.44. The number of nitrogens with one attached hydrogen (secondary N) is 1. The van der Waals surface area contributed by atoms with Gasteiger partial charge < -0.3 is 10.4 Å². The van der Waals surface area contributed by atoms with Gasteiger partial charge in [-0.05, 0) is 45.1 Å². The molecule has 1 aliphatic rings. The van der Waals surface area contributed by atoms with Gasteiger partial charge >= 0.3 is 5.97 Å². The summed E-state index contributed by atoms with van der Waals surface area (Å²) in [5.41, 5.74) is -0.653. The molecule has 0 aliphatic heterocycles. The molecule has 2 atom stereocenters. The first-order chi connectivity index (χ1) is 7.92. The normalized spacial score (nSPS) is 25.8. The minimum Gasteiger partial charge on any atom is -0.481 e. The van der Waals surface area contributed by atoms with Crippen LogP contribution in [0, 0.1) is 17.3 Å². The highest BCUT2D eigenvalue weighted by Crippen LogP contribution is 2.30. The van der Waals surface area contributed by atoms with Crippen molar-refractivity contribution in [2.75, 3.05) is 13.1 Å². The molecule has 3 heteroatoms. The molecular weight excluding hydrogens is 214 g/mol. The molecule has 3 nitrogen and oxygen atoms in total. The molecule has 0 heterocycles. The Morgan fingerprint density at radius 1 is 1.41 bits per heavy atom. The van der Waals surface area contributed by atoms with Gasteiger partial charge in [0.15, 0.2) is 0 Å². The lowest BCUT2D eigenvalue weighted by molar-refractivity contribution is -0.146. The van der Waals surface area contributed by atoms with Crippen LogP contribution in [0.15, 0.2) is 0 Å². The third-order valence-corrected chi connectivity index (χ3v) is 3.92. The summed E-state index contributed by atoms with van der Waals surface area (Å²) >= 11 is 0. The van der Waals surface area contributed by atoms with Crippen molar-refractivity contribution >= 4 is 5.97 Å². The number of carbonyl (C=O) groups is 1. The smallest absolute Gasteiger partial charge is 0.310 e. The number of carboxylic acid groups (broad SMARTS) is 1. The molecule has 2 unspecified atom stereocenters. The first-order valence-electron chi connectivity index (χ1n) is 6.86. The SMILES string of the molecule is CC1CCCC(CCNCC(C)(C)C(=O)O)C1. The fraction of sp³-hybridized carbons (Fsp3) is 0.929. The van der Waals surface area contributed by atoms with E-state index in [2.05, 4.69) is 12.2 Å². The number of carboxylic acids is 1. The predicted octanol–water partition coefficient (Wildman–Crippen LogP) is 2.90. The number of rotatable bonds is 6. The van der Waals surface area contributed by atoms with Crippen LogP contribution in [0.4, 0.5) is 0 Å². The van der Waals surface area contributed by atoms with Gasteiger partial charge in [0.25, 0.3) is 0 Å². The molecule has 2 N–H and O–H groups in total. The first-order valence-corrected chi connectivity index (χ1v) is 6.86. The average Bonchev–Trinajstić information content (AvgIpc) is 2.24. The second kappa shape index (κ2) is 6.39. The van der Waals surface area contributed by atoms with Gasteiger partial charge in [-0.15, -0.1) is 0 Å². The second-order valence-corrected chi connectivity index (χ2v) is 6.29. The molecule has 100 valence electrons. The summed E-state index contributed by atoms with van der Waals surface area (Å²) < 4.78 is 0. The van der Waals surface area contributed by atoms with Crippen LogP contribution >= 0.6 is 0 Å². The van der Waals surface area contributed by atoms with Crippen molar-refractivity contribution in [2.24, 2.45) is 17.3 Å². The van der Waals surface area contributed by atoms with E-state index in [1.807, 2.05) is 0 Å². The van der Waals surface area contributed by atoms with Crippen molar-refractivity contribution < 1.29 is 9.90 Å². The maximum atomic E-state index is 10.9. The summed E-state index contributed by atoms with van der Waals surface area (Å²) in [5, 5.41) is 12.3. The zero-order valence-electron chi connectivity index (χ0n) is 11.5. The van der Waals surface area contributed by atoms with Gasteiger partial charge in [0.05, 0.1) is 5.41 Å². The highest BCUT2D eigenvalue weighted by molar-refractivity contribution is 5.73. The molecule has 1 saturated carbocycles. The van der Waals surface area contributed by atoms with Gasteiger partial charge in [-0.2, -0.15) is 0 Å². The van der Waals surface area contributed by atoms with Crippen LogP contribution < -0.4 is 5.32 Å². The van der Waals surface area contributed by atoms with Gasteiger partial charge in [-0.3, -0.25) is 4.79 Å². The Morgan fingerprint density at radius 3 is 2.71 bits per heavy atom. The lowest BCUT2D eigenvalue weighted by Crippen LogP contribution is -2.36. The second-order valence-electron chi connectivity index (χ2n) is 6.29. The molecule has 0 spiro atoms. The third-order valence-electron chi connectivity index (χ3n) is 3.92. The number of hydrogen-bond donors (Lipinski definition) is 2. The maximum absolute atomic E-state index is 10.9. The van der Waals surface area contributed by atoms with Gasteiger partial charge in [-0.25, -0.2) is 0 Å². The van der Waals surface area contributed by atoms with Gasteiger partial charge in [0.2, 0.25) is 0 Å². The molecule has 0 bridgehead atoms. The highest BCUT2D eigenvalue weighted by Gasteiger charge is 2.26. The Labute approximate surface area is 105 Å². The predicted molar refractivity (Wildman–Crippen MR) is 70.0 cm³/mol. The molecule has 0 aromatic heterocycles. The van der Waals surface area contributed by atoms with E-state index >= 15 is 0 Å². The van der Waals surface area contributed by atoms with Crippen LogP contribution in [0.25, 0.3) is 0 Å². The quantitative estimate of drug-likeness (QED) is 0.703. The minimum atomic E-state index is -0.726. The maximum Gasteiger partial charge on any atom is 0.310 e. The molecular formula is C14H27NO2. The summed E-state index contributed by atoms with van der Waals surface area (Å²) in [4.78, 5) is 10.9. The van der Waals surface area contributed by atoms with E-state index in [9.17, 15) is 4.79 Å². The lowest BCUT2D eigenvalue weighted by atomic mass is 9.81. The van der Waals surface area contributed by atoms with Gasteiger partial charge in [-0.1, -0.05) is 26.2 Å². The monoisotopic (exact) mass is 241 g/mol. The Balaban J connectivity index is 2.13. The van der Waals surface area contributed by atoms with Crippen LogP contribution in [-0.2, 0) is 4.79 Å². The summed E-state index contributed by atoms with van der Waals surface area (Å²) in [7, 11) is 0. The molecule has 1 fully saturated rings. The van der Waals surface area contributed by atoms with E-state index in [0.717, 1.165) is 18.4 Å². The Bertz CT molecular complexity index is 251. The molecule has 0 aromatic rings. The van der Waals surface area contributed by atoms with Crippen LogP contribution in [0.2, 0.25) is 0 Å². The van der Waals surface area contributed by atoms with Crippen molar-refractivity contribution in [1.82, 2.24) is 5.32 Å². The Morgan fingerprint density at radius 2 is 2.12 bits per heavy atom. The summed E-state index contributed by atoms with van der Waals surface area (Å²) in [6.45, 7) is 7.39. The summed E-state index contributed by atoms with van der Waals surface area (Å²) in [6, 6.07) is 0. The molecule has 17 heavy (non-hydrogen) atoms. The number of aliphatic carboxylic acids is 1. The Hall–Kier alpha value is -0.570. The zero-order chi connectivity index (χ0) is 12.9. The lowest BCUT2D eigenvalue weighted by Gasteiger charge is -2.27. The van der Waals surface area contributed by atoms with Crippen molar-refractivity contribution in [1.29, 1.82) is 0 Å². The van der Waals surface area contributed by atoms with Gasteiger partial charge in [0, 0.05) is 6.54 Å². The molecule has 1 aliphatic carbocycles. The summed E-state index contributed by atoms with van der Waals surface area (Å²) in [5.74, 6) is 1.000. The number of hydrogen-bond acceptors (Lipinski definition) is 2. The molecule has 0 amide bonds. The van der Waals surface area contributed by atoms with E-state index in [0.29, 0.717) is 6.54 Å². The van der Waals surface area contributed by atoms with Crippen LogP contribution in [-0.4, -0.2) is 24.2 Å². The van der Waals surface area contributed by atoms with Crippen molar-refractivity contribution in [3.63, 3.8) is 0 Å². The standard InChI is InChI=1S/C14H27NO2/c1-11-5-4-6-12(9-11)7-8-15-10-14(2,3)13(16)17/h11-12,15H,4-10H2,1-3H3,(H,16,17). The summed E-state index contributed by atoms with van der Waals surface area (Å²) in [6.07, 6.45) is 6.65. The minimum absolute atomic E-state index is 0.560. The van der Waals surface area contributed by atoms with E-state index in [4.69, 9.17) is 5.11 Å². The first kappa shape index (κ1) is 14.5. The molecule has 0 aromatic carbocycles. The van der Waals surface area contributed by atoms with Crippen molar-refractivity contribution in [3.05, 3.63) is 0 Å². The van der Waals surface area contributed by atoms with E-state index in [1.54, 1.807) is 13.8 Å².